The zero-order valence-corrected chi connectivity index (χ0v) is 19.4. The molecule has 0 radical (unpaired) electrons. The number of rotatable bonds is 8. The Morgan fingerprint density at radius 1 is 0.946 bits per heavy atom. The Balaban J connectivity index is 1.22. The van der Waals surface area contributed by atoms with Gasteiger partial charge in [-0.3, -0.25) is 19.7 Å². The minimum atomic E-state index is -1.25. The summed E-state index contributed by atoms with van der Waals surface area (Å²) in [7, 11) is 0. The van der Waals surface area contributed by atoms with Gasteiger partial charge in [-0.1, -0.05) is 0 Å². The van der Waals surface area contributed by atoms with Gasteiger partial charge < -0.3 is 15.4 Å². The number of anilines is 2. The summed E-state index contributed by atoms with van der Waals surface area (Å²) in [6.45, 7) is 0. The van der Waals surface area contributed by atoms with Crippen LogP contribution in [0.2, 0.25) is 0 Å². The number of nitrogens with one attached hydrogen (secondary N) is 3. The molecule has 0 aliphatic heterocycles. The molecule has 1 saturated carbocycles. The Morgan fingerprint density at radius 3 is 2.35 bits per heavy atom. The van der Waals surface area contributed by atoms with Gasteiger partial charge in [0.25, 0.3) is 0 Å². The number of hydrogen-bond donors (Lipinski definition) is 3. The van der Waals surface area contributed by atoms with Crippen molar-refractivity contribution in [3.8, 4) is 11.5 Å². The van der Waals surface area contributed by atoms with Crippen molar-refractivity contribution in [1.82, 2.24) is 15.2 Å². The Hall–Kier alpha value is -4.86. The van der Waals surface area contributed by atoms with Gasteiger partial charge in [0.2, 0.25) is 11.8 Å². The molecule has 1 aliphatic carbocycles. The fourth-order valence-electron chi connectivity index (χ4n) is 3.62. The van der Waals surface area contributed by atoms with Crippen LogP contribution in [0.3, 0.4) is 0 Å². The van der Waals surface area contributed by atoms with Crippen molar-refractivity contribution in [2.24, 2.45) is 5.41 Å². The first-order valence-corrected chi connectivity index (χ1v) is 11.4. The normalized spacial score (nSPS) is 13.8. The summed E-state index contributed by atoms with van der Waals surface area (Å²) >= 11 is 0. The second kappa shape index (κ2) is 10.0. The quantitative estimate of drug-likeness (QED) is 0.280. The van der Waals surface area contributed by atoms with E-state index in [4.69, 9.17) is 4.74 Å². The number of hydrogen-bond acceptors (Lipinski definition) is 5. The Labute approximate surface area is 210 Å². The predicted octanol–water partition coefficient (Wildman–Crippen LogP) is 5.40. The highest BCUT2D eigenvalue weighted by Gasteiger charge is 2.56. The summed E-state index contributed by atoms with van der Waals surface area (Å²) in [5.41, 5.74) is 0.801. The predicted molar refractivity (Wildman–Crippen MR) is 134 cm³/mol. The van der Waals surface area contributed by atoms with Gasteiger partial charge in [-0.05, 0) is 67.5 Å². The van der Waals surface area contributed by atoms with Crippen molar-refractivity contribution in [3.05, 3.63) is 96.1 Å². The summed E-state index contributed by atoms with van der Waals surface area (Å²) in [5.74, 6) is -1.81. The second-order valence-corrected chi connectivity index (χ2v) is 8.53. The van der Waals surface area contributed by atoms with E-state index in [0.29, 0.717) is 30.0 Å². The van der Waals surface area contributed by atoms with Crippen LogP contribution in [-0.2, 0) is 9.59 Å². The lowest BCUT2D eigenvalue weighted by Crippen LogP contribution is -2.35. The van der Waals surface area contributed by atoms with E-state index in [1.54, 1.807) is 36.8 Å². The van der Waals surface area contributed by atoms with Gasteiger partial charge in [0.05, 0.1) is 11.9 Å². The van der Waals surface area contributed by atoms with Crippen molar-refractivity contribution in [1.29, 1.82) is 0 Å². The van der Waals surface area contributed by atoms with Crippen LogP contribution in [0.1, 0.15) is 24.1 Å². The lowest BCUT2D eigenvalue weighted by molar-refractivity contribution is -0.131. The van der Waals surface area contributed by atoms with E-state index in [-0.39, 0.29) is 11.4 Å². The van der Waals surface area contributed by atoms with Gasteiger partial charge in [-0.25, -0.2) is 8.78 Å². The number of benzene rings is 2. The molecule has 3 N–H and O–H groups in total. The summed E-state index contributed by atoms with van der Waals surface area (Å²) in [6.07, 6.45) is 9.24. The number of pyridine rings is 1. The number of amides is 2. The van der Waals surface area contributed by atoms with Crippen LogP contribution in [0, 0.1) is 17.0 Å². The van der Waals surface area contributed by atoms with Crippen molar-refractivity contribution < 1.29 is 23.1 Å². The highest BCUT2D eigenvalue weighted by Crippen LogP contribution is 2.47. The molecule has 0 spiro atoms. The number of aromatic nitrogens is 3. The third kappa shape index (κ3) is 5.53. The highest BCUT2D eigenvalue weighted by atomic mass is 19.1. The summed E-state index contributed by atoms with van der Waals surface area (Å²) in [5, 5.41) is 11.8. The third-order valence-corrected chi connectivity index (χ3v) is 5.86. The van der Waals surface area contributed by atoms with Crippen LogP contribution >= 0.6 is 0 Å². The molecule has 1 fully saturated rings. The zero-order valence-electron chi connectivity index (χ0n) is 19.4. The van der Waals surface area contributed by atoms with Crippen molar-refractivity contribution >= 4 is 35.3 Å². The van der Waals surface area contributed by atoms with Crippen LogP contribution in [-0.4, -0.2) is 27.0 Å². The standard InChI is InChI=1S/C27H21F2N5O3/c28-18-2-5-19(6-3-18)33-25(35)27(10-11-27)26(36)34-21-7-8-24(23(29)14-21)37-22-9-12-30-20(13-22)4-1-17-15-31-32-16-17/h1-9,12-16H,10-11H2,(H,31,32)(H,33,35)(H,34,36)/b4-1+. The topological polar surface area (TPSA) is 109 Å². The maximum atomic E-state index is 14.8. The highest BCUT2D eigenvalue weighted by molar-refractivity contribution is 6.16. The number of aromatic amines is 1. The molecular formula is C27H21F2N5O3. The van der Waals surface area contributed by atoms with E-state index in [0.717, 1.165) is 11.6 Å². The molecule has 37 heavy (non-hydrogen) atoms. The van der Waals surface area contributed by atoms with E-state index in [9.17, 15) is 18.4 Å². The molecule has 1 aliphatic rings. The molecule has 5 rings (SSSR count). The number of ether oxygens (including phenoxy) is 1. The van der Waals surface area contributed by atoms with Crippen LogP contribution in [0.5, 0.6) is 11.5 Å². The van der Waals surface area contributed by atoms with Gasteiger partial charge in [0.15, 0.2) is 11.6 Å². The molecule has 4 aromatic rings. The number of carbonyl (C=O) groups excluding carboxylic acids is 2. The summed E-state index contributed by atoms with van der Waals surface area (Å²) < 4.78 is 33.6. The monoisotopic (exact) mass is 501 g/mol. The fraction of sp³-hybridized carbons (Fsp3) is 0.111. The van der Waals surface area contributed by atoms with Gasteiger partial charge in [-0.15, -0.1) is 0 Å². The first kappa shape index (κ1) is 23.9. The van der Waals surface area contributed by atoms with E-state index in [2.05, 4.69) is 25.8 Å². The Morgan fingerprint density at radius 2 is 1.68 bits per heavy atom. The van der Waals surface area contributed by atoms with Crippen molar-refractivity contribution in [2.45, 2.75) is 12.8 Å². The molecule has 0 bridgehead atoms. The Bertz CT molecular complexity index is 1470. The minimum absolute atomic E-state index is 0.0378. The minimum Gasteiger partial charge on any atom is -0.454 e. The largest absolute Gasteiger partial charge is 0.454 e. The molecule has 0 atom stereocenters. The summed E-state index contributed by atoms with van der Waals surface area (Å²) in [4.78, 5) is 29.8. The van der Waals surface area contributed by atoms with Crippen LogP contribution in [0.25, 0.3) is 12.2 Å². The van der Waals surface area contributed by atoms with Gasteiger partial charge in [0, 0.05) is 41.5 Å². The SMILES string of the molecule is O=C(Nc1ccc(F)cc1)C1(C(=O)Nc2ccc(Oc3ccnc(/C=C/c4cn[nH]c4)c3)c(F)c2)CC1. The fourth-order valence-corrected chi connectivity index (χ4v) is 3.62. The molecule has 0 saturated heterocycles. The third-order valence-electron chi connectivity index (χ3n) is 5.86. The lowest BCUT2D eigenvalue weighted by atomic mass is 10.0. The average Bonchev–Trinajstić information content (AvgIpc) is 3.55. The average molecular weight is 501 g/mol. The Kier molecular flexibility index (Phi) is 6.46. The van der Waals surface area contributed by atoms with Crippen LogP contribution < -0.4 is 15.4 Å². The number of H-pyrrole nitrogens is 1. The van der Waals surface area contributed by atoms with E-state index in [1.165, 1.54) is 36.4 Å². The van der Waals surface area contributed by atoms with Gasteiger partial charge in [-0.2, -0.15) is 5.10 Å². The van der Waals surface area contributed by atoms with E-state index in [1.807, 2.05) is 6.08 Å². The smallest absolute Gasteiger partial charge is 0.240 e. The van der Waals surface area contributed by atoms with Crippen molar-refractivity contribution in [2.75, 3.05) is 10.6 Å². The molecule has 186 valence electrons. The molecular weight excluding hydrogens is 480 g/mol. The zero-order chi connectivity index (χ0) is 25.8. The van der Waals surface area contributed by atoms with Crippen LogP contribution in [0.4, 0.5) is 20.2 Å². The van der Waals surface area contributed by atoms with E-state index >= 15 is 0 Å². The molecule has 2 heterocycles. The van der Waals surface area contributed by atoms with E-state index < -0.39 is 28.9 Å². The number of carbonyl (C=O) groups is 2. The first-order valence-electron chi connectivity index (χ1n) is 11.4. The number of nitrogens with zero attached hydrogens (tertiary/aromatic N) is 2. The maximum Gasteiger partial charge on any atom is 0.240 e. The first-order chi connectivity index (χ1) is 17.9. The molecule has 0 unspecified atom stereocenters. The molecule has 2 aromatic heterocycles. The molecule has 8 nitrogen and oxygen atoms in total. The van der Waals surface area contributed by atoms with Crippen molar-refractivity contribution in [3.63, 3.8) is 0 Å². The van der Waals surface area contributed by atoms with Gasteiger partial charge >= 0.3 is 0 Å². The second-order valence-electron chi connectivity index (χ2n) is 8.53. The maximum absolute atomic E-state index is 14.8. The number of halogens is 2. The molecule has 10 heteroatoms. The lowest BCUT2D eigenvalue weighted by Gasteiger charge is -2.16. The van der Waals surface area contributed by atoms with Crippen LogP contribution in [0.15, 0.2) is 73.2 Å². The molecule has 2 amide bonds. The molecule has 2 aromatic carbocycles. The van der Waals surface area contributed by atoms with Gasteiger partial charge in [0.1, 0.15) is 17.0 Å². The summed E-state index contributed by atoms with van der Waals surface area (Å²) in [6, 6.07) is 12.5.